The van der Waals surface area contributed by atoms with Crippen molar-refractivity contribution in [1.29, 1.82) is 0 Å². The monoisotopic (exact) mass is 332 g/mol. The predicted octanol–water partition coefficient (Wildman–Crippen LogP) is 2.63. The van der Waals surface area contributed by atoms with Crippen LogP contribution in [0.15, 0.2) is 28.6 Å². The average molecular weight is 333 g/mol. The van der Waals surface area contributed by atoms with Crippen LogP contribution in [0, 0.1) is 6.92 Å². The first kappa shape index (κ1) is 15.2. The summed E-state index contributed by atoms with van der Waals surface area (Å²) in [6.45, 7) is 2.02. The first-order chi connectivity index (χ1) is 9.34. The van der Waals surface area contributed by atoms with E-state index in [2.05, 4.69) is 4.98 Å². The lowest BCUT2D eigenvalue weighted by molar-refractivity contribution is 0.440. The Hall–Kier alpha value is -1.15. The Labute approximate surface area is 126 Å². The molecule has 20 heavy (non-hydrogen) atoms. The highest BCUT2D eigenvalue weighted by atomic mass is 35.5. The van der Waals surface area contributed by atoms with E-state index >= 15 is 0 Å². The highest BCUT2D eigenvalue weighted by Crippen LogP contribution is 2.32. The number of thiazole rings is 1. The molecule has 0 saturated heterocycles. The van der Waals surface area contributed by atoms with Gasteiger partial charge in [-0.2, -0.15) is 4.31 Å². The Kier molecular flexibility index (Phi) is 4.33. The van der Waals surface area contributed by atoms with Crippen molar-refractivity contribution in [2.75, 3.05) is 7.05 Å². The molecule has 0 amide bonds. The molecule has 0 bridgehead atoms. The van der Waals surface area contributed by atoms with Crippen molar-refractivity contribution < 1.29 is 13.5 Å². The smallest absolute Gasteiger partial charge is 0.246 e. The van der Waals surface area contributed by atoms with E-state index in [-0.39, 0.29) is 16.5 Å². The minimum atomic E-state index is -3.81. The molecule has 108 valence electrons. The van der Waals surface area contributed by atoms with Crippen LogP contribution in [-0.4, -0.2) is 29.9 Å². The largest absolute Gasteiger partial charge is 0.505 e. The van der Waals surface area contributed by atoms with Gasteiger partial charge in [-0.05, 0) is 19.1 Å². The van der Waals surface area contributed by atoms with Crippen molar-refractivity contribution in [2.24, 2.45) is 0 Å². The van der Waals surface area contributed by atoms with Gasteiger partial charge >= 0.3 is 0 Å². The number of aromatic hydroxyl groups is 1. The maximum absolute atomic E-state index is 12.4. The van der Waals surface area contributed by atoms with E-state index in [0.717, 1.165) is 10.6 Å². The lowest BCUT2D eigenvalue weighted by Crippen LogP contribution is -2.26. The van der Waals surface area contributed by atoms with Crippen LogP contribution in [0.4, 0.5) is 0 Å². The van der Waals surface area contributed by atoms with Crippen LogP contribution < -0.4 is 0 Å². The molecule has 8 heteroatoms. The van der Waals surface area contributed by atoms with E-state index in [1.165, 1.54) is 40.9 Å². The van der Waals surface area contributed by atoms with Gasteiger partial charge in [0, 0.05) is 18.5 Å². The van der Waals surface area contributed by atoms with Gasteiger partial charge in [0.15, 0.2) is 5.75 Å². The van der Waals surface area contributed by atoms with Crippen molar-refractivity contribution in [3.63, 3.8) is 0 Å². The third kappa shape index (κ3) is 2.80. The minimum Gasteiger partial charge on any atom is -0.505 e. The maximum Gasteiger partial charge on any atom is 0.246 e. The molecule has 0 radical (unpaired) electrons. The summed E-state index contributed by atoms with van der Waals surface area (Å²) in [5, 5.41) is 9.82. The van der Waals surface area contributed by atoms with Crippen molar-refractivity contribution >= 4 is 33.0 Å². The number of nitrogens with zero attached hydrogens (tertiary/aromatic N) is 2. The number of phenolic OH excluding ortho intramolecular Hbond substituents is 1. The van der Waals surface area contributed by atoms with Gasteiger partial charge in [0.1, 0.15) is 4.90 Å². The summed E-state index contributed by atoms with van der Waals surface area (Å²) < 4.78 is 26.0. The number of sulfonamides is 1. The van der Waals surface area contributed by atoms with E-state index < -0.39 is 15.8 Å². The molecule has 0 aliphatic rings. The zero-order valence-electron chi connectivity index (χ0n) is 10.9. The molecule has 0 aliphatic heterocycles. The molecule has 1 N–H and O–H groups in total. The standard InChI is InChI=1S/C12H13ClN2O3S2/c1-8-10(19-7-14-8)6-15(2)20(17,18)11-5-3-4-9(13)12(11)16/h3-5,7,16H,6H2,1-2H3. The summed E-state index contributed by atoms with van der Waals surface area (Å²) >= 11 is 7.14. The molecular formula is C12H13ClN2O3S2. The van der Waals surface area contributed by atoms with Crippen LogP contribution >= 0.6 is 22.9 Å². The van der Waals surface area contributed by atoms with Gasteiger partial charge in [-0.3, -0.25) is 0 Å². The summed E-state index contributed by atoms with van der Waals surface area (Å²) in [5.41, 5.74) is 2.47. The number of aromatic nitrogens is 1. The molecular weight excluding hydrogens is 320 g/mol. The number of benzene rings is 1. The Morgan fingerprint density at radius 3 is 2.75 bits per heavy atom. The molecule has 0 aliphatic carbocycles. The number of aryl methyl sites for hydroxylation is 1. The first-order valence-electron chi connectivity index (χ1n) is 5.67. The van der Waals surface area contributed by atoms with Crippen molar-refractivity contribution in [1.82, 2.24) is 9.29 Å². The SMILES string of the molecule is Cc1ncsc1CN(C)S(=O)(=O)c1cccc(Cl)c1O. The first-order valence-corrected chi connectivity index (χ1v) is 8.36. The molecule has 0 atom stereocenters. The second kappa shape index (κ2) is 5.69. The van der Waals surface area contributed by atoms with Crippen molar-refractivity contribution in [2.45, 2.75) is 18.4 Å². The van der Waals surface area contributed by atoms with Gasteiger partial charge in [-0.1, -0.05) is 17.7 Å². The highest BCUT2D eigenvalue weighted by molar-refractivity contribution is 7.89. The summed E-state index contributed by atoms with van der Waals surface area (Å²) in [7, 11) is -2.35. The number of phenols is 1. The summed E-state index contributed by atoms with van der Waals surface area (Å²) in [6, 6.07) is 4.25. The fourth-order valence-corrected chi connectivity index (χ4v) is 4.02. The molecule has 1 aromatic heterocycles. The fraction of sp³-hybridized carbons (Fsp3) is 0.250. The molecule has 0 saturated carbocycles. The lowest BCUT2D eigenvalue weighted by atomic mass is 10.3. The second-order valence-corrected chi connectivity index (χ2v) is 7.57. The van der Waals surface area contributed by atoms with E-state index in [4.69, 9.17) is 11.6 Å². The summed E-state index contributed by atoms with van der Waals surface area (Å²) in [5.74, 6) is -0.429. The number of rotatable bonds is 4. The van der Waals surface area contributed by atoms with Gasteiger partial charge in [-0.25, -0.2) is 13.4 Å². The fourth-order valence-electron chi connectivity index (χ4n) is 1.64. The van der Waals surface area contributed by atoms with Crippen molar-refractivity contribution in [3.8, 4) is 5.75 Å². The van der Waals surface area contributed by atoms with Crippen LogP contribution in [0.2, 0.25) is 5.02 Å². The molecule has 0 spiro atoms. The van der Waals surface area contributed by atoms with Gasteiger partial charge in [0.05, 0.1) is 16.2 Å². The van der Waals surface area contributed by atoms with Crippen LogP contribution in [0.25, 0.3) is 0 Å². The van der Waals surface area contributed by atoms with Crippen LogP contribution in [-0.2, 0) is 16.6 Å². The van der Waals surface area contributed by atoms with Gasteiger partial charge in [-0.15, -0.1) is 11.3 Å². The Morgan fingerprint density at radius 2 is 2.15 bits per heavy atom. The Bertz CT molecular complexity index is 728. The van der Waals surface area contributed by atoms with Gasteiger partial charge in [0.25, 0.3) is 0 Å². The van der Waals surface area contributed by atoms with E-state index in [9.17, 15) is 13.5 Å². The molecule has 2 rings (SSSR count). The Morgan fingerprint density at radius 1 is 1.45 bits per heavy atom. The van der Waals surface area contributed by atoms with E-state index in [0.29, 0.717) is 0 Å². The highest BCUT2D eigenvalue weighted by Gasteiger charge is 2.26. The normalized spacial score (nSPS) is 12.0. The van der Waals surface area contributed by atoms with E-state index in [1.807, 2.05) is 6.92 Å². The molecule has 1 aromatic carbocycles. The third-order valence-corrected chi connectivity index (χ3v) is 5.91. The second-order valence-electron chi connectivity index (χ2n) is 4.21. The molecule has 1 heterocycles. The Balaban J connectivity index is 2.35. The quantitative estimate of drug-likeness (QED) is 0.934. The number of para-hydroxylation sites is 1. The zero-order valence-corrected chi connectivity index (χ0v) is 13.3. The topological polar surface area (TPSA) is 70.5 Å². The number of halogens is 1. The third-order valence-electron chi connectivity index (χ3n) is 2.85. The van der Waals surface area contributed by atoms with Crippen LogP contribution in [0.3, 0.4) is 0 Å². The molecule has 2 aromatic rings. The number of hydrogen-bond acceptors (Lipinski definition) is 5. The minimum absolute atomic E-state index is 0.00782. The molecule has 5 nitrogen and oxygen atoms in total. The van der Waals surface area contributed by atoms with Crippen LogP contribution in [0.5, 0.6) is 5.75 Å². The van der Waals surface area contributed by atoms with Crippen molar-refractivity contribution in [3.05, 3.63) is 39.3 Å². The maximum atomic E-state index is 12.4. The number of hydrogen-bond donors (Lipinski definition) is 1. The van der Waals surface area contributed by atoms with E-state index in [1.54, 1.807) is 5.51 Å². The van der Waals surface area contributed by atoms with Crippen LogP contribution in [0.1, 0.15) is 10.6 Å². The lowest BCUT2D eigenvalue weighted by Gasteiger charge is -2.17. The molecule has 0 unspecified atom stereocenters. The summed E-state index contributed by atoms with van der Waals surface area (Å²) in [4.78, 5) is 4.74. The predicted molar refractivity (Wildman–Crippen MR) is 78.6 cm³/mol. The average Bonchev–Trinajstić information content (AvgIpc) is 2.78. The zero-order chi connectivity index (χ0) is 14.9. The van der Waals surface area contributed by atoms with Gasteiger partial charge < -0.3 is 5.11 Å². The van der Waals surface area contributed by atoms with Gasteiger partial charge in [0.2, 0.25) is 10.0 Å². The summed E-state index contributed by atoms with van der Waals surface area (Å²) in [6.07, 6.45) is 0. The molecule has 0 fully saturated rings.